The van der Waals surface area contributed by atoms with Gasteiger partial charge in [-0.05, 0) is 128 Å². The standard InChI is InChI=1S/C49H62N6.6BrH.2H2O/c1-2-18-46(19-3-1)49(47-20-6-16-44(32-47)38-54-26-8-22-50-34-40-12-4-13-41(30-40)35-51-23-9-27-54)48-21-7-17-45(33-48)39-55-28-10-24-52-36-42-14-5-15-43(31-42)37-53-25-11-29-55;;;;;;;;/h1-7,12-21,30-33,49-53H,8-11,22-29,34-39H2;6*1H;2*1H2. The summed E-state index contributed by atoms with van der Waals surface area (Å²) in [6.45, 7) is 14.2. The van der Waals surface area contributed by atoms with E-state index in [2.05, 4.69) is 158 Å². The van der Waals surface area contributed by atoms with Crippen LogP contribution >= 0.6 is 102 Å². The Balaban J connectivity index is 0. The molecule has 2 aliphatic heterocycles. The highest BCUT2D eigenvalue weighted by molar-refractivity contribution is 8.93. The Hall–Kier alpha value is -1.34. The van der Waals surface area contributed by atoms with Gasteiger partial charge in [-0.25, -0.2) is 0 Å². The third-order valence-corrected chi connectivity index (χ3v) is 11.1. The van der Waals surface area contributed by atoms with Crippen LogP contribution in [0.15, 0.2) is 127 Å². The molecule has 0 fully saturated rings. The van der Waals surface area contributed by atoms with Gasteiger partial charge in [0.25, 0.3) is 0 Å². The smallest absolute Gasteiger partial charge is 0.0340 e. The molecule has 0 saturated carbocycles. The van der Waals surface area contributed by atoms with E-state index in [9.17, 15) is 0 Å². The van der Waals surface area contributed by atoms with Gasteiger partial charge in [0.15, 0.2) is 0 Å². The summed E-state index contributed by atoms with van der Waals surface area (Å²) in [6, 6.07) is 48.0. The molecule has 0 spiro atoms. The predicted molar refractivity (Wildman–Crippen MR) is 298 cm³/mol. The summed E-state index contributed by atoms with van der Waals surface area (Å²) < 4.78 is 0. The number of fused-ring (bicyclic) bond motifs is 4. The third-order valence-electron chi connectivity index (χ3n) is 11.1. The van der Waals surface area contributed by atoms with Crippen LogP contribution in [-0.4, -0.2) is 73.1 Å². The summed E-state index contributed by atoms with van der Waals surface area (Å²) in [5, 5.41) is 14.8. The van der Waals surface area contributed by atoms with Gasteiger partial charge in [-0.1, -0.05) is 127 Å². The summed E-state index contributed by atoms with van der Waals surface area (Å²) in [7, 11) is 0. The zero-order valence-corrected chi connectivity index (χ0v) is 46.6. The van der Waals surface area contributed by atoms with Crippen LogP contribution in [0.1, 0.15) is 81.7 Å². The van der Waals surface area contributed by atoms with Crippen LogP contribution in [0.25, 0.3) is 0 Å². The van der Waals surface area contributed by atoms with Gasteiger partial charge in [-0.15, -0.1) is 102 Å². The minimum absolute atomic E-state index is 0. The zero-order chi connectivity index (χ0) is 37.3. The summed E-state index contributed by atoms with van der Waals surface area (Å²) in [5.41, 5.74) is 12.4. The molecule has 0 atom stereocenters. The molecule has 0 aliphatic carbocycles. The molecule has 63 heavy (non-hydrogen) atoms. The number of halogens is 6. The van der Waals surface area contributed by atoms with Gasteiger partial charge in [-0.3, -0.25) is 9.80 Å². The number of nitrogens with zero attached hydrogens (tertiary/aromatic N) is 2. The van der Waals surface area contributed by atoms with Crippen LogP contribution in [0.2, 0.25) is 0 Å². The molecule has 8 N–H and O–H groups in total. The lowest BCUT2D eigenvalue weighted by molar-refractivity contribution is 0.256. The van der Waals surface area contributed by atoms with Gasteiger partial charge in [0.1, 0.15) is 0 Å². The molecule has 0 amide bonds. The Morgan fingerprint density at radius 3 is 1.03 bits per heavy atom. The van der Waals surface area contributed by atoms with Crippen molar-refractivity contribution in [2.75, 3.05) is 52.4 Å². The van der Waals surface area contributed by atoms with E-state index in [1.54, 1.807) is 0 Å². The van der Waals surface area contributed by atoms with E-state index in [4.69, 9.17) is 0 Å². The number of rotatable bonds is 7. The Bertz CT molecular complexity index is 1740. The maximum Gasteiger partial charge on any atom is 0.0340 e. The van der Waals surface area contributed by atoms with Gasteiger partial charge >= 0.3 is 0 Å². The second-order valence-electron chi connectivity index (χ2n) is 15.6. The maximum atomic E-state index is 3.69. The quantitative estimate of drug-likeness (QED) is 0.121. The first-order valence-corrected chi connectivity index (χ1v) is 20.9. The van der Waals surface area contributed by atoms with Crippen molar-refractivity contribution in [1.29, 1.82) is 0 Å². The molecule has 8 nitrogen and oxygen atoms in total. The molecule has 14 heteroatoms. The predicted octanol–water partition coefficient (Wildman–Crippen LogP) is 9.64. The monoisotopic (exact) mass is 1250 g/mol. The second-order valence-corrected chi connectivity index (χ2v) is 15.6. The zero-order valence-electron chi connectivity index (χ0n) is 36.3. The van der Waals surface area contributed by atoms with Crippen LogP contribution in [-0.2, 0) is 39.3 Å². The fraction of sp³-hybridized carbons (Fsp3) is 0.388. The van der Waals surface area contributed by atoms with Crippen molar-refractivity contribution in [3.8, 4) is 0 Å². The first-order chi connectivity index (χ1) is 27.2. The Morgan fingerprint density at radius 1 is 0.365 bits per heavy atom. The van der Waals surface area contributed by atoms with Gasteiger partial charge in [0, 0.05) is 45.2 Å². The van der Waals surface area contributed by atoms with Crippen LogP contribution in [0.5, 0.6) is 0 Å². The first kappa shape index (κ1) is 63.7. The Labute approximate surface area is 440 Å². The molecule has 2 aliphatic rings. The Kier molecular flexibility index (Phi) is 36.2. The molecular weight excluding hydrogens is 1180 g/mol. The molecule has 5 aromatic rings. The van der Waals surface area contributed by atoms with Crippen LogP contribution in [0.4, 0.5) is 0 Å². The topological polar surface area (TPSA) is 118 Å². The molecule has 5 aromatic carbocycles. The van der Waals surface area contributed by atoms with E-state index >= 15 is 0 Å². The molecule has 0 radical (unpaired) electrons. The molecular formula is C49H72Br6N6O2. The van der Waals surface area contributed by atoms with Crippen molar-refractivity contribution in [3.63, 3.8) is 0 Å². The average molecular weight is 1260 g/mol. The highest BCUT2D eigenvalue weighted by Crippen LogP contribution is 2.33. The fourth-order valence-corrected chi connectivity index (χ4v) is 8.36. The second kappa shape index (κ2) is 35.8. The molecule has 2 heterocycles. The summed E-state index contributed by atoms with van der Waals surface area (Å²) in [5.74, 6) is 0.176. The number of hydrogen-bond acceptors (Lipinski definition) is 6. The molecule has 7 rings (SSSR count). The average Bonchev–Trinajstić information content (AvgIpc) is 3.21. The summed E-state index contributed by atoms with van der Waals surface area (Å²) in [4.78, 5) is 5.32. The van der Waals surface area contributed by atoms with E-state index in [0.717, 1.165) is 117 Å². The molecule has 0 unspecified atom stereocenters. The van der Waals surface area contributed by atoms with E-state index in [1.807, 2.05) is 0 Å². The lowest BCUT2D eigenvalue weighted by Crippen LogP contribution is -2.30. The number of benzene rings is 5. The fourth-order valence-electron chi connectivity index (χ4n) is 8.36. The molecule has 352 valence electrons. The first-order valence-electron chi connectivity index (χ1n) is 20.9. The SMILES string of the molecule is Br.Br.Br.Br.Br.Br.O.O.c1ccc(C(c2cccc(CN3CCCNCc4cccc(c4)CNCCC3)c2)c2cccc(CN3CCCNCc4cccc(c4)CNCCC3)c2)cc1. The van der Waals surface area contributed by atoms with Crippen LogP contribution in [0.3, 0.4) is 0 Å². The molecule has 4 bridgehead atoms. The van der Waals surface area contributed by atoms with Crippen molar-refractivity contribution in [1.82, 2.24) is 31.1 Å². The lowest BCUT2D eigenvalue weighted by Gasteiger charge is -2.25. The van der Waals surface area contributed by atoms with E-state index in [0.29, 0.717) is 0 Å². The normalized spacial score (nSPS) is 15.4. The minimum atomic E-state index is 0. The van der Waals surface area contributed by atoms with Crippen LogP contribution < -0.4 is 21.3 Å². The van der Waals surface area contributed by atoms with Gasteiger partial charge in [0.05, 0.1) is 0 Å². The minimum Gasteiger partial charge on any atom is -0.412 e. The summed E-state index contributed by atoms with van der Waals surface area (Å²) in [6.07, 6.45) is 4.57. The van der Waals surface area contributed by atoms with Gasteiger partial charge in [-0.2, -0.15) is 0 Å². The molecule has 0 saturated heterocycles. The largest absolute Gasteiger partial charge is 0.412 e. The van der Waals surface area contributed by atoms with Crippen molar-refractivity contribution in [2.24, 2.45) is 0 Å². The summed E-state index contributed by atoms with van der Waals surface area (Å²) >= 11 is 0. The highest BCUT2D eigenvalue weighted by Gasteiger charge is 2.19. The van der Waals surface area contributed by atoms with Crippen molar-refractivity contribution >= 4 is 102 Å². The van der Waals surface area contributed by atoms with E-state index in [-0.39, 0.29) is 119 Å². The van der Waals surface area contributed by atoms with Crippen molar-refractivity contribution < 1.29 is 11.0 Å². The van der Waals surface area contributed by atoms with E-state index < -0.39 is 0 Å². The third kappa shape index (κ3) is 21.4. The number of hydrogen-bond donors (Lipinski definition) is 4. The van der Waals surface area contributed by atoms with Crippen molar-refractivity contribution in [2.45, 2.75) is 70.9 Å². The molecule has 0 aromatic heterocycles. The lowest BCUT2D eigenvalue weighted by atomic mass is 9.84. The van der Waals surface area contributed by atoms with Crippen LogP contribution in [0, 0.1) is 0 Å². The number of nitrogens with one attached hydrogen (secondary N) is 4. The van der Waals surface area contributed by atoms with Gasteiger partial charge in [0.2, 0.25) is 0 Å². The van der Waals surface area contributed by atoms with Gasteiger partial charge < -0.3 is 32.2 Å². The highest BCUT2D eigenvalue weighted by atomic mass is 79.9. The maximum absolute atomic E-state index is 3.69. The Morgan fingerprint density at radius 2 is 0.683 bits per heavy atom. The van der Waals surface area contributed by atoms with Crippen molar-refractivity contribution in [3.05, 3.63) is 177 Å². The van der Waals surface area contributed by atoms with E-state index in [1.165, 1.54) is 50.1 Å².